The Labute approximate surface area is 132 Å². The minimum atomic E-state index is -0.815. The Balaban J connectivity index is 2.11. The number of carbonyl (C=O) groups is 1. The lowest BCUT2D eigenvalue weighted by Crippen LogP contribution is -2.34. The predicted molar refractivity (Wildman–Crippen MR) is 81.5 cm³/mol. The van der Waals surface area contributed by atoms with Crippen LogP contribution in [0.3, 0.4) is 0 Å². The van der Waals surface area contributed by atoms with Gasteiger partial charge in [0.1, 0.15) is 17.5 Å². The van der Waals surface area contributed by atoms with Gasteiger partial charge in [-0.15, -0.1) is 0 Å². The fraction of sp³-hybridized carbons (Fsp3) is 0.235. The van der Waals surface area contributed by atoms with Gasteiger partial charge in [-0.05, 0) is 43.9 Å². The van der Waals surface area contributed by atoms with E-state index in [0.717, 1.165) is 12.1 Å². The summed E-state index contributed by atoms with van der Waals surface area (Å²) in [4.78, 5) is 13.9. The molecule has 0 aliphatic heterocycles. The molecule has 1 atom stereocenters. The van der Waals surface area contributed by atoms with Crippen molar-refractivity contribution in [1.82, 2.24) is 10.2 Å². The summed E-state index contributed by atoms with van der Waals surface area (Å²) in [7, 11) is 3.59. The first kappa shape index (κ1) is 17.0. The number of carbonyl (C=O) groups excluding carboxylic acids is 1. The lowest BCUT2D eigenvalue weighted by Gasteiger charge is -2.25. The van der Waals surface area contributed by atoms with Gasteiger partial charge in [0.15, 0.2) is 0 Å². The molecular formula is C17H17F3N2O. The van der Waals surface area contributed by atoms with E-state index in [1.807, 2.05) is 4.90 Å². The first-order valence-electron chi connectivity index (χ1n) is 7.03. The molecule has 6 heteroatoms. The van der Waals surface area contributed by atoms with Crippen LogP contribution < -0.4 is 5.32 Å². The summed E-state index contributed by atoms with van der Waals surface area (Å²) in [6, 6.07) is 8.42. The van der Waals surface area contributed by atoms with Gasteiger partial charge in [-0.25, -0.2) is 13.2 Å². The Bertz CT molecular complexity index is 684. The summed E-state index contributed by atoms with van der Waals surface area (Å²) >= 11 is 0. The Morgan fingerprint density at radius 3 is 2.26 bits per heavy atom. The van der Waals surface area contributed by atoms with Gasteiger partial charge >= 0.3 is 0 Å². The minimum Gasteiger partial charge on any atom is -0.350 e. The highest BCUT2D eigenvalue weighted by molar-refractivity contribution is 5.94. The number of hydrogen-bond acceptors (Lipinski definition) is 2. The molecule has 122 valence electrons. The van der Waals surface area contributed by atoms with Crippen LogP contribution in [0.15, 0.2) is 42.5 Å². The lowest BCUT2D eigenvalue weighted by molar-refractivity contribution is 0.0941. The predicted octanol–water partition coefficient (Wildman–Crippen LogP) is 3.14. The summed E-state index contributed by atoms with van der Waals surface area (Å²) in [5, 5.41) is 2.62. The third-order valence-corrected chi connectivity index (χ3v) is 3.44. The van der Waals surface area contributed by atoms with E-state index >= 15 is 0 Å². The number of hydrogen-bond donors (Lipinski definition) is 1. The van der Waals surface area contributed by atoms with Crippen LogP contribution in [0.25, 0.3) is 0 Å². The number of benzene rings is 2. The molecule has 2 rings (SSSR count). The van der Waals surface area contributed by atoms with Crippen molar-refractivity contribution >= 4 is 5.91 Å². The molecule has 0 fully saturated rings. The summed E-state index contributed by atoms with van der Waals surface area (Å²) in [6.45, 7) is 0.174. The van der Waals surface area contributed by atoms with Crippen molar-refractivity contribution in [2.75, 3.05) is 20.6 Å². The van der Waals surface area contributed by atoms with Gasteiger partial charge in [0.05, 0.1) is 6.04 Å². The zero-order valence-electron chi connectivity index (χ0n) is 12.8. The molecule has 0 saturated heterocycles. The molecule has 2 aromatic carbocycles. The molecule has 0 saturated carbocycles. The maximum absolute atomic E-state index is 13.4. The SMILES string of the molecule is CN(C)C(CNC(=O)c1cc(F)cc(F)c1)c1cccc(F)c1. The molecular weight excluding hydrogens is 305 g/mol. The second kappa shape index (κ2) is 7.28. The molecule has 0 spiro atoms. The topological polar surface area (TPSA) is 32.3 Å². The van der Waals surface area contributed by atoms with Gasteiger partial charge in [0.25, 0.3) is 5.91 Å². The van der Waals surface area contributed by atoms with Gasteiger partial charge in [0, 0.05) is 18.2 Å². The van der Waals surface area contributed by atoms with Crippen molar-refractivity contribution in [2.45, 2.75) is 6.04 Å². The third-order valence-electron chi connectivity index (χ3n) is 3.44. The quantitative estimate of drug-likeness (QED) is 0.917. The van der Waals surface area contributed by atoms with E-state index in [2.05, 4.69) is 5.32 Å². The number of likely N-dealkylation sites (N-methyl/N-ethyl adjacent to an activating group) is 1. The molecule has 23 heavy (non-hydrogen) atoms. The van der Waals surface area contributed by atoms with Gasteiger partial charge in [-0.1, -0.05) is 12.1 Å². The Kier molecular flexibility index (Phi) is 5.39. The van der Waals surface area contributed by atoms with Gasteiger partial charge in [-0.3, -0.25) is 4.79 Å². The number of rotatable bonds is 5. The molecule has 0 aromatic heterocycles. The highest BCUT2D eigenvalue weighted by atomic mass is 19.1. The number of halogens is 3. The zero-order chi connectivity index (χ0) is 17.0. The fourth-order valence-corrected chi connectivity index (χ4v) is 2.29. The smallest absolute Gasteiger partial charge is 0.251 e. The van der Waals surface area contributed by atoms with Crippen LogP contribution in [-0.4, -0.2) is 31.4 Å². The van der Waals surface area contributed by atoms with E-state index in [0.29, 0.717) is 11.6 Å². The van der Waals surface area contributed by atoms with E-state index in [1.54, 1.807) is 26.2 Å². The van der Waals surface area contributed by atoms with Crippen LogP contribution in [0.1, 0.15) is 22.0 Å². The molecule has 1 amide bonds. The molecule has 0 radical (unpaired) electrons. The largest absolute Gasteiger partial charge is 0.350 e. The van der Waals surface area contributed by atoms with E-state index in [9.17, 15) is 18.0 Å². The third kappa shape index (κ3) is 4.56. The zero-order valence-corrected chi connectivity index (χ0v) is 12.8. The van der Waals surface area contributed by atoms with Crippen molar-refractivity contribution in [3.63, 3.8) is 0 Å². The monoisotopic (exact) mass is 322 g/mol. The van der Waals surface area contributed by atoms with E-state index in [1.165, 1.54) is 12.1 Å². The first-order chi connectivity index (χ1) is 10.9. The summed E-state index contributed by atoms with van der Waals surface area (Å²) in [5.74, 6) is -2.59. The molecule has 3 nitrogen and oxygen atoms in total. The maximum atomic E-state index is 13.4. The standard InChI is InChI=1S/C17H17F3N2O/c1-22(2)16(11-4-3-5-13(18)6-11)10-21-17(23)12-7-14(19)9-15(20)8-12/h3-9,16H,10H2,1-2H3,(H,21,23). The number of amides is 1. The molecule has 1 N–H and O–H groups in total. The van der Waals surface area contributed by atoms with Crippen LogP contribution in [0.2, 0.25) is 0 Å². The van der Waals surface area contributed by atoms with Crippen molar-refractivity contribution < 1.29 is 18.0 Å². The Hall–Kier alpha value is -2.34. The molecule has 0 aliphatic rings. The maximum Gasteiger partial charge on any atom is 0.251 e. The summed E-state index contributed by atoms with van der Waals surface area (Å²) in [5.41, 5.74) is 0.597. The summed E-state index contributed by atoms with van der Waals surface area (Å²) < 4.78 is 39.7. The van der Waals surface area contributed by atoms with Crippen LogP contribution in [0, 0.1) is 17.5 Å². The van der Waals surface area contributed by atoms with Crippen molar-refractivity contribution in [3.05, 3.63) is 71.0 Å². The van der Waals surface area contributed by atoms with Crippen LogP contribution in [-0.2, 0) is 0 Å². The van der Waals surface area contributed by atoms with Gasteiger partial charge < -0.3 is 10.2 Å². The lowest BCUT2D eigenvalue weighted by atomic mass is 10.1. The van der Waals surface area contributed by atoms with E-state index < -0.39 is 17.5 Å². The number of nitrogens with zero attached hydrogens (tertiary/aromatic N) is 1. The minimum absolute atomic E-state index is 0.0979. The van der Waals surface area contributed by atoms with E-state index in [-0.39, 0.29) is 24.0 Å². The Morgan fingerprint density at radius 1 is 1.04 bits per heavy atom. The highest BCUT2D eigenvalue weighted by Gasteiger charge is 2.17. The van der Waals surface area contributed by atoms with Crippen molar-refractivity contribution in [1.29, 1.82) is 0 Å². The van der Waals surface area contributed by atoms with Gasteiger partial charge in [0.2, 0.25) is 0 Å². The average molecular weight is 322 g/mol. The normalized spacial score (nSPS) is 12.3. The average Bonchev–Trinajstić information content (AvgIpc) is 2.46. The summed E-state index contributed by atoms with van der Waals surface area (Å²) in [6.07, 6.45) is 0. The van der Waals surface area contributed by atoms with E-state index in [4.69, 9.17) is 0 Å². The highest BCUT2D eigenvalue weighted by Crippen LogP contribution is 2.18. The van der Waals surface area contributed by atoms with Crippen LogP contribution in [0.5, 0.6) is 0 Å². The second-order valence-corrected chi connectivity index (χ2v) is 5.40. The molecule has 1 unspecified atom stereocenters. The van der Waals surface area contributed by atoms with Gasteiger partial charge in [-0.2, -0.15) is 0 Å². The first-order valence-corrected chi connectivity index (χ1v) is 7.03. The number of nitrogens with one attached hydrogen (secondary N) is 1. The van der Waals surface area contributed by atoms with Crippen LogP contribution in [0.4, 0.5) is 13.2 Å². The molecule has 0 bridgehead atoms. The van der Waals surface area contributed by atoms with Crippen molar-refractivity contribution in [3.8, 4) is 0 Å². The fourth-order valence-electron chi connectivity index (χ4n) is 2.29. The van der Waals surface area contributed by atoms with Crippen LogP contribution >= 0.6 is 0 Å². The van der Waals surface area contributed by atoms with Crippen molar-refractivity contribution in [2.24, 2.45) is 0 Å². The second-order valence-electron chi connectivity index (χ2n) is 5.40. The molecule has 2 aromatic rings. The molecule has 0 aliphatic carbocycles. The molecule has 0 heterocycles. The Morgan fingerprint density at radius 2 is 1.70 bits per heavy atom.